The van der Waals surface area contributed by atoms with Crippen LogP contribution in [0.4, 0.5) is 11.4 Å². The van der Waals surface area contributed by atoms with Crippen LogP contribution in [0.5, 0.6) is 17.2 Å². The Labute approximate surface area is 189 Å². The smallest absolute Gasteiger partial charge is 0.274 e. The van der Waals surface area contributed by atoms with E-state index in [1.165, 1.54) is 0 Å². The van der Waals surface area contributed by atoms with E-state index < -0.39 is 5.91 Å². The molecule has 0 saturated heterocycles. The fourth-order valence-corrected chi connectivity index (χ4v) is 3.51. The summed E-state index contributed by atoms with van der Waals surface area (Å²) in [7, 11) is 1.59. The lowest BCUT2D eigenvalue weighted by molar-refractivity contribution is 0.102. The van der Waals surface area contributed by atoms with Gasteiger partial charge >= 0.3 is 0 Å². The topological polar surface area (TPSA) is 98.8 Å². The Hall–Kier alpha value is -4.59. The molecule has 1 aromatic heterocycles. The molecule has 2 N–H and O–H groups in total. The monoisotopic (exact) mass is 441 g/mol. The number of hydrogen-bond donors (Lipinski definition) is 2. The summed E-state index contributed by atoms with van der Waals surface area (Å²) in [6, 6.07) is 20.8. The summed E-state index contributed by atoms with van der Waals surface area (Å²) in [5, 5.41) is 6.47. The van der Waals surface area contributed by atoms with Gasteiger partial charge in [-0.1, -0.05) is 18.2 Å². The minimum absolute atomic E-state index is 0.151. The van der Waals surface area contributed by atoms with E-state index in [1.807, 2.05) is 6.07 Å². The van der Waals surface area contributed by atoms with Crippen LogP contribution in [0.15, 0.2) is 72.8 Å². The Morgan fingerprint density at radius 1 is 0.879 bits per heavy atom. The standard InChI is InChI=1S/C25H19N3O5/c1-31-17-8-10-19-15(12-17)6-9-21(27-19)25(30)28-20-5-3-2-4-18(20)24(29)26-16-7-11-22-23(13-16)33-14-32-22/h2-13H,14H2,1H3,(H,26,29)(H,28,30). The molecule has 33 heavy (non-hydrogen) atoms. The first-order valence-electron chi connectivity index (χ1n) is 10.2. The second-order valence-corrected chi connectivity index (χ2v) is 7.28. The van der Waals surface area contributed by atoms with Gasteiger partial charge < -0.3 is 24.8 Å². The molecule has 1 aliphatic rings. The van der Waals surface area contributed by atoms with Gasteiger partial charge in [-0.15, -0.1) is 0 Å². The highest BCUT2D eigenvalue weighted by atomic mass is 16.7. The Bertz CT molecular complexity index is 1390. The van der Waals surface area contributed by atoms with E-state index in [0.29, 0.717) is 39.7 Å². The zero-order chi connectivity index (χ0) is 22.8. The average Bonchev–Trinajstić information content (AvgIpc) is 3.31. The third kappa shape index (κ3) is 4.14. The van der Waals surface area contributed by atoms with Gasteiger partial charge in [-0.3, -0.25) is 9.59 Å². The molecule has 2 amide bonds. The normalized spacial score (nSPS) is 11.8. The van der Waals surface area contributed by atoms with Crippen molar-refractivity contribution in [3.05, 3.63) is 84.1 Å². The molecule has 0 atom stereocenters. The number of anilines is 2. The SMILES string of the molecule is COc1ccc2nc(C(=O)Nc3ccccc3C(=O)Nc3ccc4c(c3)OCO4)ccc2c1. The maximum atomic E-state index is 12.9. The molecule has 0 aliphatic carbocycles. The highest BCUT2D eigenvalue weighted by molar-refractivity contribution is 6.12. The van der Waals surface area contributed by atoms with E-state index in [2.05, 4.69) is 15.6 Å². The van der Waals surface area contributed by atoms with Gasteiger partial charge in [0.15, 0.2) is 11.5 Å². The second kappa shape index (κ2) is 8.51. The van der Waals surface area contributed by atoms with Crippen LogP contribution in [0.2, 0.25) is 0 Å². The molecule has 8 nitrogen and oxygen atoms in total. The lowest BCUT2D eigenvalue weighted by Gasteiger charge is -2.12. The van der Waals surface area contributed by atoms with Crippen LogP contribution in [0, 0.1) is 0 Å². The maximum absolute atomic E-state index is 12.9. The molecule has 4 aromatic rings. The molecule has 0 fully saturated rings. The van der Waals surface area contributed by atoms with Crippen molar-refractivity contribution < 1.29 is 23.8 Å². The van der Waals surface area contributed by atoms with Crippen LogP contribution in [-0.2, 0) is 0 Å². The maximum Gasteiger partial charge on any atom is 0.274 e. The number of carbonyl (C=O) groups is 2. The zero-order valence-electron chi connectivity index (χ0n) is 17.6. The summed E-state index contributed by atoms with van der Waals surface area (Å²) in [4.78, 5) is 30.2. The largest absolute Gasteiger partial charge is 0.497 e. The van der Waals surface area contributed by atoms with E-state index in [9.17, 15) is 9.59 Å². The van der Waals surface area contributed by atoms with Crippen molar-refractivity contribution in [3.63, 3.8) is 0 Å². The van der Waals surface area contributed by atoms with Crippen LogP contribution in [0.25, 0.3) is 10.9 Å². The molecule has 0 bridgehead atoms. The number of rotatable bonds is 5. The number of nitrogens with zero attached hydrogens (tertiary/aromatic N) is 1. The number of nitrogens with one attached hydrogen (secondary N) is 2. The first kappa shape index (κ1) is 20.3. The van der Waals surface area contributed by atoms with Gasteiger partial charge in [-0.25, -0.2) is 4.98 Å². The lowest BCUT2D eigenvalue weighted by Crippen LogP contribution is -2.19. The van der Waals surface area contributed by atoms with Gasteiger partial charge in [0.1, 0.15) is 11.4 Å². The summed E-state index contributed by atoms with van der Waals surface area (Å²) in [6.07, 6.45) is 0. The number of aromatic nitrogens is 1. The van der Waals surface area contributed by atoms with Crippen molar-refractivity contribution in [2.24, 2.45) is 0 Å². The third-order valence-electron chi connectivity index (χ3n) is 5.18. The predicted octanol–water partition coefficient (Wildman–Crippen LogP) is 4.48. The van der Waals surface area contributed by atoms with Crippen LogP contribution in [0.3, 0.4) is 0 Å². The highest BCUT2D eigenvalue weighted by Crippen LogP contribution is 2.34. The van der Waals surface area contributed by atoms with Crippen LogP contribution in [0.1, 0.15) is 20.8 Å². The van der Waals surface area contributed by atoms with E-state index in [1.54, 1.807) is 73.8 Å². The summed E-state index contributed by atoms with van der Waals surface area (Å²) in [5.41, 5.74) is 2.14. The summed E-state index contributed by atoms with van der Waals surface area (Å²) >= 11 is 0. The quantitative estimate of drug-likeness (QED) is 0.474. The first-order chi connectivity index (χ1) is 16.1. The van der Waals surface area contributed by atoms with Crippen molar-refractivity contribution in [2.45, 2.75) is 0 Å². The van der Waals surface area contributed by atoms with Crippen molar-refractivity contribution in [1.29, 1.82) is 0 Å². The number of methoxy groups -OCH3 is 1. The predicted molar refractivity (Wildman–Crippen MR) is 123 cm³/mol. The van der Waals surface area contributed by atoms with E-state index in [0.717, 1.165) is 5.39 Å². The number of amides is 2. The number of fused-ring (bicyclic) bond motifs is 2. The molecule has 8 heteroatoms. The average molecular weight is 441 g/mol. The molecule has 0 radical (unpaired) electrons. The Balaban J connectivity index is 1.35. The molecule has 2 heterocycles. The van der Waals surface area contributed by atoms with Gasteiger partial charge in [0, 0.05) is 17.1 Å². The molecular formula is C25H19N3O5. The molecule has 1 aliphatic heterocycles. The van der Waals surface area contributed by atoms with Crippen LogP contribution in [-0.4, -0.2) is 30.7 Å². The van der Waals surface area contributed by atoms with Crippen molar-refractivity contribution in [3.8, 4) is 17.2 Å². The molecule has 0 saturated carbocycles. The first-order valence-corrected chi connectivity index (χ1v) is 10.2. The molecule has 0 spiro atoms. The second-order valence-electron chi connectivity index (χ2n) is 7.28. The molecular weight excluding hydrogens is 422 g/mol. The van der Waals surface area contributed by atoms with Gasteiger partial charge in [-0.05, 0) is 48.5 Å². The Morgan fingerprint density at radius 2 is 1.73 bits per heavy atom. The summed E-state index contributed by atoms with van der Waals surface area (Å²) in [5.74, 6) is 1.11. The van der Waals surface area contributed by atoms with E-state index in [-0.39, 0.29) is 18.4 Å². The van der Waals surface area contributed by atoms with E-state index in [4.69, 9.17) is 14.2 Å². The fourth-order valence-electron chi connectivity index (χ4n) is 3.51. The molecule has 164 valence electrons. The molecule has 5 rings (SSSR count). The van der Waals surface area contributed by atoms with Gasteiger partial charge in [0.25, 0.3) is 11.8 Å². The minimum atomic E-state index is -0.420. The molecule has 0 unspecified atom stereocenters. The fraction of sp³-hybridized carbons (Fsp3) is 0.0800. The third-order valence-corrected chi connectivity index (χ3v) is 5.18. The number of ether oxygens (including phenoxy) is 3. The zero-order valence-corrected chi connectivity index (χ0v) is 17.6. The number of benzene rings is 3. The van der Waals surface area contributed by atoms with Gasteiger partial charge in [-0.2, -0.15) is 0 Å². The number of hydrogen-bond acceptors (Lipinski definition) is 6. The molecule has 3 aromatic carbocycles. The number of carbonyl (C=O) groups excluding carboxylic acids is 2. The Kier molecular flexibility index (Phi) is 5.24. The van der Waals surface area contributed by atoms with Crippen molar-refractivity contribution >= 4 is 34.1 Å². The number of pyridine rings is 1. The van der Waals surface area contributed by atoms with E-state index >= 15 is 0 Å². The van der Waals surface area contributed by atoms with Gasteiger partial charge in [0.2, 0.25) is 6.79 Å². The Morgan fingerprint density at radius 3 is 2.61 bits per heavy atom. The van der Waals surface area contributed by atoms with Gasteiger partial charge in [0.05, 0.1) is 23.9 Å². The van der Waals surface area contributed by atoms with Crippen LogP contribution < -0.4 is 24.8 Å². The number of para-hydroxylation sites is 1. The highest BCUT2D eigenvalue weighted by Gasteiger charge is 2.18. The van der Waals surface area contributed by atoms with Crippen molar-refractivity contribution in [2.75, 3.05) is 24.5 Å². The minimum Gasteiger partial charge on any atom is -0.497 e. The van der Waals surface area contributed by atoms with Crippen molar-refractivity contribution in [1.82, 2.24) is 4.98 Å². The van der Waals surface area contributed by atoms with Crippen LogP contribution >= 0.6 is 0 Å². The summed E-state index contributed by atoms with van der Waals surface area (Å²) in [6.45, 7) is 0.151. The summed E-state index contributed by atoms with van der Waals surface area (Å²) < 4.78 is 15.9. The lowest BCUT2D eigenvalue weighted by atomic mass is 10.1.